The normalized spacial score (nSPS) is 10.4. The van der Waals surface area contributed by atoms with Gasteiger partial charge in [-0.3, -0.25) is 0 Å². The van der Waals surface area contributed by atoms with E-state index in [1.54, 1.807) is 32.1 Å². The first-order valence-electron chi connectivity index (χ1n) is 4.27. The zero-order valence-electron chi connectivity index (χ0n) is 8.15. The number of carbonyl (C=O) groups excluding carboxylic acids is 1. The molecule has 0 amide bonds. The molecule has 74 valence electrons. The number of phenols is 1. The van der Waals surface area contributed by atoms with E-state index in [4.69, 9.17) is 4.74 Å². The summed E-state index contributed by atoms with van der Waals surface area (Å²) in [6, 6.07) is 4.65. The van der Waals surface area contributed by atoms with Gasteiger partial charge in [-0.15, -0.1) is 0 Å². The van der Waals surface area contributed by atoms with Gasteiger partial charge in [0.2, 0.25) is 0 Å². The lowest BCUT2D eigenvalue weighted by Gasteiger charge is -2.05. The molecule has 1 rings (SSSR count). The van der Waals surface area contributed by atoms with Crippen molar-refractivity contribution >= 4 is 5.97 Å². The topological polar surface area (TPSA) is 46.5 Å². The van der Waals surface area contributed by atoms with Gasteiger partial charge in [0, 0.05) is 12.1 Å². The van der Waals surface area contributed by atoms with E-state index in [0.717, 1.165) is 5.56 Å². The minimum Gasteiger partial charge on any atom is -0.508 e. The van der Waals surface area contributed by atoms with Crippen LogP contribution in [0.2, 0.25) is 0 Å². The lowest BCUT2D eigenvalue weighted by atomic mass is 10.2. The highest BCUT2D eigenvalue weighted by Crippen LogP contribution is 2.23. The van der Waals surface area contributed by atoms with Crippen molar-refractivity contribution in [3.8, 4) is 11.5 Å². The molecular weight excluding hydrogens is 180 g/mol. The first kappa shape index (κ1) is 10.3. The van der Waals surface area contributed by atoms with Gasteiger partial charge in [0.15, 0.2) is 0 Å². The summed E-state index contributed by atoms with van der Waals surface area (Å²) in [5.41, 5.74) is 0.806. The molecule has 1 aromatic rings. The molecule has 14 heavy (non-hydrogen) atoms. The highest BCUT2D eigenvalue weighted by atomic mass is 16.5. The number of allylic oxidation sites excluding steroid dienone is 1. The number of aryl methyl sites for hydroxylation is 1. The Balaban J connectivity index is 2.85. The number of ether oxygens (including phenoxy) is 1. The molecule has 3 nitrogen and oxygen atoms in total. The van der Waals surface area contributed by atoms with Crippen LogP contribution in [0.5, 0.6) is 11.5 Å². The molecule has 0 atom stereocenters. The first-order valence-corrected chi connectivity index (χ1v) is 4.27. The maximum absolute atomic E-state index is 11.1. The van der Waals surface area contributed by atoms with Gasteiger partial charge in [-0.05, 0) is 25.5 Å². The van der Waals surface area contributed by atoms with Gasteiger partial charge in [0.05, 0.1) is 0 Å². The Hall–Kier alpha value is -1.77. The van der Waals surface area contributed by atoms with E-state index < -0.39 is 5.97 Å². The molecule has 0 radical (unpaired) electrons. The third-order valence-corrected chi connectivity index (χ3v) is 1.69. The summed E-state index contributed by atoms with van der Waals surface area (Å²) in [5.74, 6) is 0.0215. The molecule has 0 aliphatic carbocycles. The third kappa shape index (κ3) is 2.62. The fourth-order valence-corrected chi connectivity index (χ4v) is 0.977. The van der Waals surface area contributed by atoms with Crippen LogP contribution in [-0.4, -0.2) is 11.1 Å². The number of hydrogen-bond acceptors (Lipinski definition) is 3. The molecule has 0 saturated carbocycles. The van der Waals surface area contributed by atoms with Crippen LogP contribution in [-0.2, 0) is 4.79 Å². The van der Waals surface area contributed by atoms with Crippen LogP contribution in [0.3, 0.4) is 0 Å². The van der Waals surface area contributed by atoms with E-state index in [-0.39, 0.29) is 5.75 Å². The zero-order valence-corrected chi connectivity index (χ0v) is 8.15. The van der Waals surface area contributed by atoms with E-state index in [9.17, 15) is 9.90 Å². The van der Waals surface area contributed by atoms with Crippen molar-refractivity contribution in [2.45, 2.75) is 13.8 Å². The third-order valence-electron chi connectivity index (χ3n) is 1.69. The molecule has 1 N–H and O–H groups in total. The summed E-state index contributed by atoms with van der Waals surface area (Å²) in [5, 5.41) is 9.17. The minimum absolute atomic E-state index is 0.0823. The maximum atomic E-state index is 11.1. The standard InChI is InChI=1S/C11H12O3/c1-3-4-11(13)14-10-7-9(12)6-5-8(10)2/h3-7,12H,1-2H3/b4-3+. The number of rotatable bonds is 2. The molecule has 0 aliphatic heterocycles. The Kier molecular flexibility index (Phi) is 3.29. The fourth-order valence-electron chi connectivity index (χ4n) is 0.977. The van der Waals surface area contributed by atoms with Gasteiger partial charge in [-0.25, -0.2) is 4.79 Å². The van der Waals surface area contributed by atoms with Crippen molar-refractivity contribution in [3.05, 3.63) is 35.9 Å². The largest absolute Gasteiger partial charge is 0.508 e. The predicted octanol–water partition coefficient (Wildman–Crippen LogP) is 2.18. The van der Waals surface area contributed by atoms with Gasteiger partial charge in [-0.1, -0.05) is 12.1 Å². The van der Waals surface area contributed by atoms with Crippen LogP contribution < -0.4 is 4.74 Å². The molecule has 0 saturated heterocycles. The van der Waals surface area contributed by atoms with Gasteiger partial charge in [0.1, 0.15) is 11.5 Å². The summed E-state index contributed by atoms with van der Waals surface area (Å²) < 4.78 is 4.98. The van der Waals surface area contributed by atoms with E-state index in [1.807, 2.05) is 0 Å². The number of benzene rings is 1. The molecular formula is C11H12O3. The zero-order chi connectivity index (χ0) is 10.6. The summed E-state index contributed by atoms with van der Waals surface area (Å²) in [7, 11) is 0. The second-order valence-electron chi connectivity index (χ2n) is 2.87. The quantitative estimate of drug-likeness (QED) is 0.444. The highest BCUT2D eigenvalue weighted by molar-refractivity contribution is 5.84. The Bertz CT molecular complexity index is 367. The Labute approximate surface area is 82.6 Å². The van der Waals surface area contributed by atoms with E-state index in [0.29, 0.717) is 5.75 Å². The second-order valence-corrected chi connectivity index (χ2v) is 2.87. The Morgan fingerprint density at radius 1 is 1.50 bits per heavy atom. The highest BCUT2D eigenvalue weighted by Gasteiger charge is 2.04. The lowest BCUT2D eigenvalue weighted by Crippen LogP contribution is -2.04. The lowest BCUT2D eigenvalue weighted by molar-refractivity contribution is -0.129. The van der Waals surface area contributed by atoms with E-state index in [2.05, 4.69) is 0 Å². The molecule has 0 unspecified atom stereocenters. The van der Waals surface area contributed by atoms with Crippen LogP contribution in [0.15, 0.2) is 30.4 Å². The number of phenolic OH excluding ortho intramolecular Hbond substituents is 1. The first-order chi connectivity index (χ1) is 6.63. The fraction of sp³-hybridized carbons (Fsp3) is 0.182. The minimum atomic E-state index is -0.443. The van der Waals surface area contributed by atoms with Crippen LogP contribution in [0, 0.1) is 6.92 Å². The van der Waals surface area contributed by atoms with Crippen molar-refractivity contribution in [2.24, 2.45) is 0 Å². The molecule has 0 fully saturated rings. The predicted molar refractivity (Wildman–Crippen MR) is 53.3 cm³/mol. The summed E-state index contributed by atoms with van der Waals surface area (Å²) in [6.45, 7) is 3.54. The van der Waals surface area contributed by atoms with Crippen molar-refractivity contribution < 1.29 is 14.6 Å². The summed E-state index contributed by atoms with van der Waals surface area (Å²) in [4.78, 5) is 11.1. The number of carbonyl (C=O) groups is 1. The summed E-state index contributed by atoms with van der Waals surface area (Å²) in [6.07, 6.45) is 2.92. The monoisotopic (exact) mass is 192 g/mol. The van der Waals surface area contributed by atoms with E-state index in [1.165, 1.54) is 12.1 Å². The molecule has 0 spiro atoms. The molecule has 0 bridgehead atoms. The van der Waals surface area contributed by atoms with Gasteiger partial charge < -0.3 is 9.84 Å². The van der Waals surface area contributed by atoms with Crippen LogP contribution in [0.4, 0.5) is 0 Å². The number of esters is 1. The van der Waals surface area contributed by atoms with Crippen LogP contribution in [0.25, 0.3) is 0 Å². The summed E-state index contributed by atoms with van der Waals surface area (Å²) >= 11 is 0. The molecule has 0 heterocycles. The van der Waals surface area contributed by atoms with Crippen molar-refractivity contribution in [3.63, 3.8) is 0 Å². The van der Waals surface area contributed by atoms with E-state index >= 15 is 0 Å². The van der Waals surface area contributed by atoms with Gasteiger partial charge in [0.25, 0.3) is 0 Å². The van der Waals surface area contributed by atoms with Crippen molar-refractivity contribution in [1.82, 2.24) is 0 Å². The van der Waals surface area contributed by atoms with Gasteiger partial charge in [-0.2, -0.15) is 0 Å². The SMILES string of the molecule is C/C=C/C(=O)Oc1cc(O)ccc1C. The molecule has 3 heteroatoms. The Morgan fingerprint density at radius 2 is 2.21 bits per heavy atom. The second kappa shape index (κ2) is 4.46. The molecule has 0 aliphatic rings. The van der Waals surface area contributed by atoms with Crippen LogP contribution in [0.1, 0.15) is 12.5 Å². The van der Waals surface area contributed by atoms with Crippen LogP contribution >= 0.6 is 0 Å². The van der Waals surface area contributed by atoms with Crippen molar-refractivity contribution in [2.75, 3.05) is 0 Å². The van der Waals surface area contributed by atoms with Gasteiger partial charge >= 0.3 is 5.97 Å². The number of hydrogen-bond donors (Lipinski definition) is 1. The Morgan fingerprint density at radius 3 is 2.86 bits per heavy atom. The average molecular weight is 192 g/mol. The average Bonchev–Trinajstić information content (AvgIpc) is 2.12. The molecule has 1 aromatic carbocycles. The molecule has 0 aromatic heterocycles. The van der Waals surface area contributed by atoms with Crippen molar-refractivity contribution in [1.29, 1.82) is 0 Å². The number of aromatic hydroxyl groups is 1. The smallest absolute Gasteiger partial charge is 0.335 e. The maximum Gasteiger partial charge on any atom is 0.335 e.